The van der Waals surface area contributed by atoms with Crippen molar-refractivity contribution in [1.29, 1.82) is 0 Å². The molecular formula is C11H24N2O. The van der Waals surface area contributed by atoms with Crippen LogP contribution < -0.4 is 5.32 Å². The fourth-order valence-corrected chi connectivity index (χ4v) is 2.06. The molecule has 0 amide bonds. The van der Waals surface area contributed by atoms with E-state index < -0.39 is 0 Å². The third kappa shape index (κ3) is 3.56. The fraction of sp³-hybridized carbons (Fsp3) is 1.00. The molecule has 0 aromatic rings. The van der Waals surface area contributed by atoms with Crippen molar-refractivity contribution in [2.45, 2.75) is 26.3 Å². The number of nitrogens with one attached hydrogen (secondary N) is 1. The average molecular weight is 200 g/mol. The standard InChI is InChI=1S/C11H24N2O/c1-10(2)12-7-11(8-13(3)4)5-6-14-9-11/h10,12H,5-9H2,1-4H3. The largest absolute Gasteiger partial charge is 0.381 e. The van der Waals surface area contributed by atoms with Gasteiger partial charge in [-0.25, -0.2) is 0 Å². The third-order valence-corrected chi connectivity index (χ3v) is 2.72. The van der Waals surface area contributed by atoms with Gasteiger partial charge in [0.2, 0.25) is 0 Å². The van der Waals surface area contributed by atoms with Crippen LogP contribution in [-0.4, -0.2) is 51.3 Å². The SMILES string of the molecule is CC(C)NCC1(CN(C)C)CCOC1. The summed E-state index contributed by atoms with van der Waals surface area (Å²) in [6.07, 6.45) is 1.19. The maximum Gasteiger partial charge on any atom is 0.0547 e. The van der Waals surface area contributed by atoms with Gasteiger partial charge in [-0.1, -0.05) is 13.8 Å². The van der Waals surface area contributed by atoms with Gasteiger partial charge in [0.25, 0.3) is 0 Å². The van der Waals surface area contributed by atoms with E-state index in [1.54, 1.807) is 0 Å². The summed E-state index contributed by atoms with van der Waals surface area (Å²) < 4.78 is 5.53. The summed E-state index contributed by atoms with van der Waals surface area (Å²) in [5.74, 6) is 0. The van der Waals surface area contributed by atoms with Gasteiger partial charge in [-0.05, 0) is 20.5 Å². The molecule has 1 unspecified atom stereocenters. The van der Waals surface area contributed by atoms with Crippen LogP contribution in [0.4, 0.5) is 0 Å². The minimum Gasteiger partial charge on any atom is -0.381 e. The number of hydrogen-bond acceptors (Lipinski definition) is 3. The molecule has 1 saturated heterocycles. The molecule has 0 spiro atoms. The smallest absolute Gasteiger partial charge is 0.0547 e. The molecule has 14 heavy (non-hydrogen) atoms. The molecule has 1 aliphatic heterocycles. The topological polar surface area (TPSA) is 24.5 Å². The van der Waals surface area contributed by atoms with E-state index in [2.05, 4.69) is 38.2 Å². The van der Waals surface area contributed by atoms with Crippen LogP contribution in [0.3, 0.4) is 0 Å². The molecule has 1 N–H and O–H groups in total. The van der Waals surface area contributed by atoms with Crippen molar-refractivity contribution in [3.05, 3.63) is 0 Å². The van der Waals surface area contributed by atoms with Gasteiger partial charge in [-0.3, -0.25) is 0 Å². The summed E-state index contributed by atoms with van der Waals surface area (Å²) in [6, 6.07) is 0.564. The highest BCUT2D eigenvalue weighted by molar-refractivity contribution is 4.87. The first kappa shape index (κ1) is 12.0. The number of hydrogen-bond donors (Lipinski definition) is 1. The lowest BCUT2D eigenvalue weighted by molar-refractivity contribution is 0.125. The van der Waals surface area contributed by atoms with Gasteiger partial charge in [-0.2, -0.15) is 0 Å². The summed E-state index contributed by atoms with van der Waals surface area (Å²) in [4.78, 5) is 2.26. The zero-order chi connectivity index (χ0) is 10.6. The Hall–Kier alpha value is -0.120. The Kier molecular flexibility index (Phi) is 4.35. The van der Waals surface area contributed by atoms with E-state index >= 15 is 0 Å². The Morgan fingerprint density at radius 2 is 2.14 bits per heavy atom. The molecular weight excluding hydrogens is 176 g/mol. The van der Waals surface area contributed by atoms with Crippen molar-refractivity contribution in [1.82, 2.24) is 10.2 Å². The van der Waals surface area contributed by atoms with Crippen molar-refractivity contribution in [2.24, 2.45) is 5.41 Å². The molecule has 0 bridgehead atoms. The zero-order valence-electron chi connectivity index (χ0n) is 9.97. The van der Waals surface area contributed by atoms with E-state index in [-0.39, 0.29) is 0 Å². The van der Waals surface area contributed by atoms with Crippen LogP contribution in [0.1, 0.15) is 20.3 Å². The summed E-state index contributed by atoms with van der Waals surface area (Å²) in [7, 11) is 4.27. The monoisotopic (exact) mass is 200 g/mol. The van der Waals surface area contributed by atoms with E-state index in [0.717, 1.165) is 26.3 Å². The molecule has 3 heteroatoms. The van der Waals surface area contributed by atoms with Crippen LogP contribution in [0.15, 0.2) is 0 Å². The third-order valence-electron chi connectivity index (χ3n) is 2.72. The number of ether oxygens (including phenoxy) is 1. The molecule has 84 valence electrons. The van der Waals surface area contributed by atoms with Gasteiger partial charge in [0.1, 0.15) is 0 Å². The van der Waals surface area contributed by atoms with Crippen molar-refractivity contribution in [3.63, 3.8) is 0 Å². The van der Waals surface area contributed by atoms with Crippen LogP contribution in [0.2, 0.25) is 0 Å². The van der Waals surface area contributed by atoms with Gasteiger partial charge < -0.3 is 15.0 Å². The maximum atomic E-state index is 5.53. The lowest BCUT2D eigenvalue weighted by Crippen LogP contribution is -2.44. The van der Waals surface area contributed by atoms with Crippen molar-refractivity contribution < 1.29 is 4.74 Å². The van der Waals surface area contributed by atoms with E-state index in [1.165, 1.54) is 6.42 Å². The first-order chi connectivity index (χ1) is 6.54. The average Bonchev–Trinajstić information content (AvgIpc) is 2.49. The summed E-state index contributed by atoms with van der Waals surface area (Å²) in [5.41, 5.74) is 0.341. The Morgan fingerprint density at radius 3 is 2.57 bits per heavy atom. The highest BCUT2D eigenvalue weighted by Gasteiger charge is 2.35. The molecule has 0 aromatic carbocycles. The highest BCUT2D eigenvalue weighted by Crippen LogP contribution is 2.28. The molecule has 1 aliphatic rings. The Labute approximate surface area is 87.8 Å². The lowest BCUT2D eigenvalue weighted by Gasteiger charge is -2.31. The van der Waals surface area contributed by atoms with Crippen LogP contribution in [-0.2, 0) is 4.74 Å². The molecule has 1 rings (SSSR count). The second kappa shape index (κ2) is 5.10. The van der Waals surface area contributed by atoms with Crippen molar-refractivity contribution >= 4 is 0 Å². The molecule has 0 aromatic heterocycles. The number of rotatable bonds is 5. The van der Waals surface area contributed by atoms with E-state index in [9.17, 15) is 0 Å². The molecule has 0 aliphatic carbocycles. The van der Waals surface area contributed by atoms with Gasteiger partial charge in [-0.15, -0.1) is 0 Å². The Morgan fingerprint density at radius 1 is 1.43 bits per heavy atom. The lowest BCUT2D eigenvalue weighted by atomic mass is 9.86. The molecule has 1 heterocycles. The predicted molar refractivity (Wildman–Crippen MR) is 59.6 cm³/mol. The van der Waals surface area contributed by atoms with Crippen LogP contribution >= 0.6 is 0 Å². The number of nitrogens with zero attached hydrogens (tertiary/aromatic N) is 1. The summed E-state index contributed by atoms with van der Waals surface area (Å²) >= 11 is 0. The van der Waals surface area contributed by atoms with Gasteiger partial charge >= 0.3 is 0 Å². The molecule has 1 fully saturated rings. The van der Waals surface area contributed by atoms with E-state index in [4.69, 9.17) is 4.74 Å². The highest BCUT2D eigenvalue weighted by atomic mass is 16.5. The minimum absolute atomic E-state index is 0.341. The molecule has 0 saturated carbocycles. The molecule has 0 radical (unpaired) electrons. The van der Waals surface area contributed by atoms with E-state index in [1.807, 2.05) is 0 Å². The summed E-state index contributed by atoms with van der Waals surface area (Å²) in [6.45, 7) is 8.41. The van der Waals surface area contributed by atoms with Crippen LogP contribution in [0, 0.1) is 5.41 Å². The normalized spacial score (nSPS) is 27.9. The molecule has 3 nitrogen and oxygen atoms in total. The van der Waals surface area contributed by atoms with Gasteiger partial charge in [0.05, 0.1) is 6.61 Å². The first-order valence-corrected chi connectivity index (χ1v) is 5.50. The summed E-state index contributed by atoms with van der Waals surface area (Å²) in [5, 5.41) is 3.53. The van der Waals surface area contributed by atoms with Gasteiger partial charge in [0.15, 0.2) is 0 Å². The second-order valence-electron chi connectivity index (χ2n) is 5.08. The maximum absolute atomic E-state index is 5.53. The van der Waals surface area contributed by atoms with Crippen molar-refractivity contribution in [2.75, 3.05) is 40.4 Å². The predicted octanol–water partition coefficient (Wildman–Crippen LogP) is 0.953. The second-order valence-corrected chi connectivity index (χ2v) is 5.08. The van der Waals surface area contributed by atoms with E-state index in [0.29, 0.717) is 11.5 Å². The zero-order valence-corrected chi connectivity index (χ0v) is 9.97. The fourth-order valence-electron chi connectivity index (χ4n) is 2.06. The Balaban J connectivity index is 2.44. The van der Waals surface area contributed by atoms with Crippen LogP contribution in [0.5, 0.6) is 0 Å². The van der Waals surface area contributed by atoms with Crippen LogP contribution in [0.25, 0.3) is 0 Å². The molecule has 1 atom stereocenters. The minimum atomic E-state index is 0.341. The Bertz CT molecular complexity index is 163. The van der Waals surface area contributed by atoms with Crippen molar-refractivity contribution in [3.8, 4) is 0 Å². The van der Waals surface area contributed by atoms with Gasteiger partial charge in [0, 0.05) is 31.2 Å². The first-order valence-electron chi connectivity index (χ1n) is 5.50. The quantitative estimate of drug-likeness (QED) is 0.715.